The van der Waals surface area contributed by atoms with E-state index in [0.29, 0.717) is 16.2 Å². The molecule has 0 aliphatic rings. The van der Waals surface area contributed by atoms with Crippen LogP contribution in [0, 0.1) is 27.7 Å². The SMILES string of the molecule is Cc1ccc(C=Nn2c(-c3ccc(C)c(C)c3)csc2=Nc2c(C)n(C)n(-c3ccccc3)c2=O)o1. The molecule has 3 heterocycles. The number of para-hydroxylation sites is 1. The molecule has 5 aromatic rings. The van der Waals surface area contributed by atoms with Crippen molar-refractivity contribution in [2.75, 3.05) is 0 Å². The van der Waals surface area contributed by atoms with Crippen LogP contribution >= 0.6 is 11.3 Å². The molecule has 36 heavy (non-hydrogen) atoms. The van der Waals surface area contributed by atoms with Crippen LogP contribution in [-0.2, 0) is 7.05 Å². The molecule has 0 radical (unpaired) electrons. The van der Waals surface area contributed by atoms with Crippen LogP contribution < -0.4 is 10.4 Å². The lowest BCUT2D eigenvalue weighted by Crippen LogP contribution is -2.19. The number of hydrogen-bond donors (Lipinski definition) is 0. The van der Waals surface area contributed by atoms with Crippen molar-refractivity contribution in [1.29, 1.82) is 0 Å². The fourth-order valence-electron chi connectivity index (χ4n) is 4.00. The van der Waals surface area contributed by atoms with E-state index in [1.165, 1.54) is 22.5 Å². The first-order valence-corrected chi connectivity index (χ1v) is 12.5. The monoisotopic (exact) mass is 497 g/mol. The third-order valence-corrected chi connectivity index (χ3v) is 7.10. The fraction of sp³-hybridized carbons (Fsp3) is 0.179. The maximum atomic E-state index is 13.5. The lowest BCUT2D eigenvalue weighted by molar-refractivity contribution is 0.527. The van der Waals surface area contributed by atoms with Crippen molar-refractivity contribution in [3.05, 3.63) is 110 Å². The molecule has 5 rings (SSSR count). The summed E-state index contributed by atoms with van der Waals surface area (Å²) in [5.41, 5.74) is 6.08. The number of thiazole rings is 1. The van der Waals surface area contributed by atoms with Crippen LogP contribution in [0.15, 0.2) is 85.3 Å². The summed E-state index contributed by atoms with van der Waals surface area (Å²) in [6.45, 7) is 7.98. The summed E-state index contributed by atoms with van der Waals surface area (Å²) in [6, 6.07) is 19.7. The number of benzene rings is 2. The topological polar surface area (TPSA) is 69.7 Å². The van der Waals surface area contributed by atoms with Crippen molar-refractivity contribution >= 4 is 23.2 Å². The largest absolute Gasteiger partial charge is 0.460 e. The van der Waals surface area contributed by atoms with Gasteiger partial charge in [-0.2, -0.15) is 5.10 Å². The van der Waals surface area contributed by atoms with Gasteiger partial charge in [-0.15, -0.1) is 11.3 Å². The summed E-state index contributed by atoms with van der Waals surface area (Å²) in [6.07, 6.45) is 1.67. The van der Waals surface area contributed by atoms with E-state index in [9.17, 15) is 4.79 Å². The van der Waals surface area contributed by atoms with Crippen molar-refractivity contribution < 1.29 is 4.42 Å². The Balaban J connectivity index is 1.70. The van der Waals surface area contributed by atoms with Gasteiger partial charge in [0.2, 0.25) is 4.80 Å². The average molecular weight is 498 g/mol. The molecule has 0 N–H and O–H groups in total. The Bertz CT molecular complexity index is 1710. The van der Waals surface area contributed by atoms with Crippen molar-refractivity contribution in [1.82, 2.24) is 14.0 Å². The molecule has 182 valence electrons. The molecule has 0 saturated heterocycles. The van der Waals surface area contributed by atoms with Gasteiger partial charge in [-0.05, 0) is 69.2 Å². The zero-order valence-corrected chi connectivity index (χ0v) is 21.7. The highest BCUT2D eigenvalue weighted by Gasteiger charge is 2.17. The summed E-state index contributed by atoms with van der Waals surface area (Å²) in [4.78, 5) is 18.9. The molecule has 8 heteroatoms. The average Bonchev–Trinajstić information content (AvgIpc) is 3.53. The van der Waals surface area contributed by atoms with Crippen molar-refractivity contribution in [2.45, 2.75) is 27.7 Å². The fourth-order valence-corrected chi connectivity index (χ4v) is 4.85. The maximum absolute atomic E-state index is 13.5. The molecular formula is C28H27N5O2S. The smallest absolute Gasteiger partial charge is 0.297 e. The third-order valence-electron chi connectivity index (χ3n) is 6.28. The minimum atomic E-state index is -0.181. The number of furan rings is 1. The highest BCUT2D eigenvalue weighted by atomic mass is 32.1. The third kappa shape index (κ3) is 4.31. The lowest BCUT2D eigenvalue weighted by atomic mass is 10.1. The van der Waals surface area contributed by atoms with E-state index in [2.05, 4.69) is 32.0 Å². The molecule has 3 aromatic heterocycles. The van der Waals surface area contributed by atoms with Crippen LogP contribution in [0.5, 0.6) is 0 Å². The number of rotatable bonds is 5. The van der Waals surface area contributed by atoms with Crippen LogP contribution in [0.2, 0.25) is 0 Å². The van der Waals surface area contributed by atoms with E-state index in [1.54, 1.807) is 15.6 Å². The highest BCUT2D eigenvalue weighted by molar-refractivity contribution is 7.07. The zero-order chi connectivity index (χ0) is 25.4. The molecule has 0 aliphatic carbocycles. The highest BCUT2D eigenvalue weighted by Crippen LogP contribution is 2.24. The van der Waals surface area contributed by atoms with Gasteiger partial charge in [-0.25, -0.2) is 14.4 Å². The van der Waals surface area contributed by atoms with E-state index in [0.717, 1.165) is 28.4 Å². The maximum Gasteiger partial charge on any atom is 0.297 e. The standard InChI is InChI=1S/C28H27N5O2S/c1-18-11-13-22(15-19(18)2)25-17-36-28(32(25)29-16-24-14-12-20(3)35-24)30-26-21(4)31(5)33(27(26)34)23-9-7-6-8-10-23/h6-17H,1-5H3. The molecular weight excluding hydrogens is 470 g/mol. The summed E-state index contributed by atoms with van der Waals surface area (Å²) in [5, 5.41) is 6.74. The van der Waals surface area contributed by atoms with E-state index in [4.69, 9.17) is 14.5 Å². The number of aryl methyl sites for hydroxylation is 3. The Hall–Kier alpha value is -4.17. The van der Waals surface area contributed by atoms with E-state index < -0.39 is 0 Å². The van der Waals surface area contributed by atoms with Crippen LogP contribution in [0.1, 0.15) is 28.3 Å². The molecule has 0 saturated carbocycles. The van der Waals surface area contributed by atoms with Gasteiger partial charge in [0.25, 0.3) is 5.56 Å². The number of nitrogens with zero attached hydrogens (tertiary/aromatic N) is 5. The van der Waals surface area contributed by atoms with Crippen LogP contribution in [-0.4, -0.2) is 20.3 Å². The number of aromatic nitrogens is 3. The normalized spacial score (nSPS) is 12.2. The van der Waals surface area contributed by atoms with Gasteiger partial charge in [0.05, 0.1) is 23.3 Å². The molecule has 0 amide bonds. The van der Waals surface area contributed by atoms with Gasteiger partial charge in [0, 0.05) is 18.0 Å². The predicted octanol–water partition coefficient (Wildman–Crippen LogP) is 5.65. The second-order valence-corrected chi connectivity index (χ2v) is 9.57. The van der Waals surface area contributed by atoms with Gasteiger partial charge >= 0.3 is 0 Å². The Morgan fingerprint density at radius 3 is 2.42 bits per heavy atom. The zero-order valence-electron chi connectivity index (χ0n) is 20.9. The Morgan fingerprint density at radius 2 is 1.72 bits per heavy atom. The first-order valence-electron chi connectivity index (χ1n) is 11.6. The van der Waals surface area contributed by atoms with Gasteiger partial charge in [-0.1, -0.05) is 30.3 Å². The molecule has 0 unspecified atom stereocenters. The first kappa shape index (κ1) is 23.6. The quantitative estimate of drug-likeness (QED) is 0.295. The van der Waals surface area contributed by atoms with Crippen LogP contribution in [0.4, 0.5) is 5.69 Å². The van der Waals surface area contributed by atoms with Crippen molar-refractivity contribution in [3.8, 4) is 16.9 Å². The molecule has 0 spiro atoms. The Kier molecular flexibility index (Phi) is 6.20. The van der Waals surface area contributed by atoms with E-state index >= 15 is 0 Å². The van der Waals surface area contributed by atoms with Crippen molar-refractivity contribution in [3.63, 3.8) is 0 Å². The second kappa shape index (κ2) is 9.47. The minimum absolute atomic E-state index is 0.181. The summed E-state index contributed by atoms with van der Waals surface area (Å²) in [7, 11) is 1.86. The minimum Gasteiger partial charge on any atom is -0.460 e. The summed E-state index contributed by atoms with van der Waals surface area (Å²) < 4.78 is 10.9. The molecule has 0 bridgehead atoms. The second-order valence-electron chi connectivity index (χ2n) is 8.73. The Labute approximate surface area is 212 Å². The summed E-state index contributed by atoms with van der Waals surface area (Å²) >= 11 is 1.44. The molecule has 0 fully saturated rings. The van der Waals surface area contributed by atoms with Gasteiger partial charge in [-0.3, -0.25) is 9.48 Å². The van der Waals surface area contributed by atoms with Gasteiger partial charge in [0.15, 0.2) is 5.69 Å². The predicted molar refractivity (Wildman–Crippen MR) is 145 cm³/mol. The van der Waals surface area contributed by atoms with E-state index in [1.807, 2.05) is 73.4 Å². The molecule has 7 nitrogen and oxygen atoms in total. The van der Waals surface area contributed by atoms with Crippen LogP contribution in [0.25, 0.3) is 16.9 Å². The number of hydrogen-bond acceptors (Lipinski definition) is 5. The Morgan fingerprint density at radius 1 is 0.944 bits per heavy atom. The molecule has 0 aliphatic heterocycles. The molecule has 0 atom stereocenters. The van der Waals surface area contributed by atoms with Crippen molar-refractivity contribution in [2.24, 2.45) is 17.1 Å². The molecule has 2 aromatic carbocycles. The first-order chi connectivity index (χ1) is 17.3. The summed E-state index contributed by atoms with van der Waals surface area (Å²) in [5.74, 6) is 1.46. The van der Waals surface area contributed by atoms with Gasteiger partial charge < -0.3 is 4.42 Å². The van der Waals surface area contributed by atoms with E-state index in [-0.39, 0.29) is 5.56 Å². The van der Waals surface area contributed by atoms with Crippen LogP contribution in [0.3, 0.4) is 0 Å². The van der Waals surface area contributed by atoms with Gasteiger partial charge in [0.1, 0.15) is 11.5 Å². The lowest BCUT2D eigenvalue weighted by Gasteiger charge is -2.07.